The number of nitro groups is 1. The van der Waals surface area contributed by atoms with E-state index in [0.717, 1.165) is 24.5 Å². The van der Waals surface area contributed by atoms with Crippen LogP contribution in [0.2, 0.25) is 0 Å². The number of aromatic nitrogens is 2. The van der Waals surface area contributed by atoms with Crippen LogP contribution in [-0.4, -0.2) is 46.0 Å². The lowest BCUT2D eigenvalue weighted by atomic mass is 10.2. The van der Waals surface area contributed by atoms with Crippen molar-refractivity contribution < 1.29 is 4.92 Å². The van der Waals surface area contributed by atoms with Crippen LogP contribution in [-0.2, 0) is 6.54 Å². The lowest BCUT2D eigenvalue weighted by Gasteiger charge is -2.35. The summed E-state index contributed by atoms with van der Waals surface area (Å²) in [4.78, 5) is 25.2. The molecule has 0 bridgehead atoms. The predicted molar refractivity (Wildman–Crippen MR) is 113 cm³/mol. The van der Waals surface area contributed by atoms with Crippen LogP contribution in [0.5, 0.6) is 0 Å². The van der Waals surface area contributed by atoms with Crippen molar-refractivity contribution in [2.75, 3.05) is 31.1 Å². The predicted octanol–water partition coefficient (Wildman–Crippen LogP) is 3.86. The molecule has 2 heterocycles. The third-order valence-electron chi connectivity index (χ3n) is 4.83. The highest BCUT2D eigenvalue weighted by molar-refractivity contribution is 7.99. The van der Waals surface area contributed by atoms with Gasteiger partial charge in [0.1, 0.15) is 6.33 Å². The first-order valence-electron chi connectivity index (χ1n) is 9.44. The molecule has 0 unspecified atom stereocenters. The molecule has 148 valence electrons. The summed E-state index contributed by atoms with van der Waals surface area (Å²) < 4.78 is 0. The van der Waals surface area contributed by atoms with Gasteiger partial charge in [0.05, 0.1) is 4.92 Å². The Morgan fingerprint density at radius 2 is 1.59 bits per heavy atom. The molecule has 1 aliphatic rings. The standard InChI is InChI=1S/C21H21N5O2S/c27-26(28)19-20(22-16-23-21(19)29-18-9-5-2-6-10-18)25-13-11-24(12-14-25)15-17-7-3-1-4-8-17/h1-10,16H,11-15H2. The first-order chi connectivity index (χ1) is 14.2. The SMILES string of the molecule is O=[N+]([O-])c1c(Sc2ccccc2)ncnc1N1CCN(Cc2ccccc2)CC1. The Bertz CT molecular complexity index is 963. The van der Waals surface area contributed by atoms with Gasteiger partial charge in [0.2, 0.25) is 5.82 Å². The minimum Gasteiger partial charge on any atom is -0.348 e. The zero-order chi connectivity index (χ0) is 20.1. The monoisotopic (exact) mass is 407 g/mol. The zero-order valence-corrected chi connectivity index (χ0v) is 16.7. The maximum atomic E-state index is 11.9. The number of anilines is 1. The molecule has 3 aromatic rings. The van der Waals surface area contributed by atoms with E-state index in [4.69, 9.17) is 0 Å². The minimum absolute atomic E-state index is 0.0159. The molecule has 0 saturated carbocycles. The fraction of sp³-hybridized carbons (Fsp3) is 0.238. The van der Waals surface area contributed by atoms with Gasteiger partial charge in [-0.05, 0) is 17.7 Å². The molecule has 1 aliphatic heterocycles. The van der Waals surface area contributed by atoms with Crippen LogP contribution < -0.4 is 4.90 Å². The summed E-state index contributed by atoms with van der Waals surface area (Å²) in [5.41, 5.74) is 1.26. The van der Waals surface area contributed by atoms with Crippen molar-refractivity contribution >= 4 is 23.3 Å². The second-order valence-electron chi connectivity index (χ2n) is 6.77. The van der Waals surface area contributed by atoms with Gasteiger partial charge in [-0.15, -0.1) is 0 Å². The summed E-state index contributed by atoms with van der Waals surface area (Å²) >= 11 is 1.29. The van der Waals surface area contributed by atoms with E-state index in [1.807, 2.05) is 53.4 Å². The van der Waals surface area contributed by atoms with Crippen LogP contribution in [0.15, 0.2) is 76.9 Å². The van der Waals surface area contributed by atoms with E-state index in [9.17, 15) is 10.1 Å². The Hall–Kier alpha value is -2.97. The summed E-state index contributed by atoms with van der Waals surface area (Å²) in [5, 5.41) is 12.2. The van der Waals surface area contributed by atoms with Crippen molar-refractivity contribution in [3.8, 4) is 0 Å². The van der Waals surface area contributed by atoms with Crippen LogP contribution in [0.1, 0.15) is 5.56 Å². The van der Waals surface area contributed by atoms with Gasteiger partial charge in [-0.2, -0.15) is 0 Å². The minimum atomic E-state index is -0.364. The molecule has 4 rings (SSSR count). The number of hydrogen-bond donors (Lipinski definition) is 0. The molecule has 0 radical (unpaired) electrons. The van der Waals surface area contributed by atoms with Crippen molar-refractivity contribution in [3.05, 3.63) is 82.7 Å². The molecule has 1 fully saturated rings. The van der Waals surface area contributed by atoms with Gasteiger partial charge in [-0.25, -0.2) is 9.97 Å². The highest BCUT2D eigenvalue weighted by atomic mass is 32.2. The molecule has 1 saturated heterocycles. The van der Waals surface area contributed by atoms with Crippen LogP contribution in [0, 0.1) is 10.1 Å². The molecule has 0 N–H and O–H groups in total. The van der Waals surface area contributed by atoms with E-state index in [2.05, 4.69) is 27.0 Å². The van der Waals surface area contributed by atoms with Crippen molar-refractivity contribution in [3.63, 3.8) is 0 Å². The van der Waals surface area contributed by atoms with Gasteiger partial charge in [0.15, 0.2) is 5.03 Å². The summed E-state index contributed by atoms with van der Waals surface area (Å²) in [6.45, 7) is 3.93. The molecular formula is C21H21N5O2S. The average molecular weight is 407 g/mol. The molecule has 7 nitrogen and oxygen atoms in total. The third-order valence-corrected chi connectivity index (χ3v) is 5.83. The van der Waals surface area contributed by atoms with E-state index in [1.54, 1.807) is 0 Å². The van der Waals surface area contributed by atoms with Crippen LogP contribution in [0.25, 0.3) is 0 Å². The van der Waals surface area contributed by atoms with Crippen molar-refractivity contribution in [1.82, 2.24) is 14.9 Å². The summed E-state index contributed by atoms with van der Waals surface area (Å²) in [7, 11) is 0. The lowest BCUT2D eigenvalue weighted by molar-refractivity contribution is -0.387. The van der Waals surface area contributed by atoms with Gasteiger partial charge in [-0.1, -0.05) is 60.3 Å². The number of benzene rings is 2. The summed E-state index contributed by atoms with van der Waals surface area (Å²) in [5.74, 6) is 0.405. The highest BCUT2D eigenvalue weighted by Crippen LogP contribution is 2.38. The smallest absolute Gasteiger partial charge is 0.343 e. The molecular weight excluding hydrogens is 386 g/mol. The van der Waals surface area contributed by atoms with Gasteiger partial charge in [0.25, 0.3) is 0 Å². The quantitative estimate of drug-likeness (QED) is 0.349. The largest absolute Gasteiger partial charge is 0.348 e. The van der Waals surface area contributed by atoms with E-state index in [1.165, 1.54) is 23.7 Å². The number of nitrogens with zero attached hydrogens (tertiary/aromatic N) is 5. The first-order valence-corrected chi connectivity index (χ1v) is 10.3. The second-order valence-corrected chi connectivity index (χ2v) is 7.83. The first kappa shape index (κ1) is 19.4. The molecule has 0 amide bonds. The topological polar surface area (TPSA) is 75.4 Å². The van der Waals surface area contributed by atoms with Crippen molar-refractivity contribution in [2.45, 2.75) is 16.5 Å². The maximum absolute atomic E-state index is 11.9. The normalized spacial score (nSPS) is 14.7. The molecule has 8 heteroatoms. The summed E-state index contributed by atoms with van der Waals surface area (Å²) in [6.07, 6.45) is 1.42. The fourth-order valence-corrected chi connectivity index (χ4v) is 4.26. The molecule has 2 aromatic carbocycles. The Labute approximate surface area is 173 Å². The van der Waals surface area contributed by atoms with Crippen molar-refractivity contribution in [1.29, 1.82) is 0 Å². The molecule has 29 heavy (non-hydrogen) atoms. The molecule has 0 atom stereocenters. The number of piperazine rings is 1. The van der Waals surface area contributed by atoms with E-state index in [0.29, 0.717) is 23.9 Å². The molecule has 1 aromatic heterocycles. The number of rotatable bonds is 6. The van der Waals surface area contributed by atoms with E-state index < -0.39 is 0 Å². The molecule has 0 spiro atoms. The maximum Gasteiger partial charge on any atom is 0.343 e. The van der Waals surface area contributed by atoms with Gasteiger partial charge in [0, 0.05) is 37.6 Å². The number of hydrogen-bond acceptors (Lipinski definition) is 7. The second kappa shape index (κ2) is 9.02. The molecule has 0 aliphatic carbocycles. The lowest BCUT2D eigenvalue weighted by Crippen LogP contribution is -2.46. The van der Waals surface area contributed by atoms with Crippen molar-refractivity contribution in [2.24, 2.45) is 0 Å². The van der Waals surface area contributed by atoms with Gasteiger partial charge >= 0.3 is 5.69 Å². The Morgan fingerprint density at radius 3 is 2.24 bits per heavy atom. The van der Waals surface area contributed by atoms with E-state index in [-0.39, 0.29) is 10.6 Å². The van der Waals surface area contributed by atoms with Crippen LogP contribution >= 0.6 is 11.8 Å². The fourth-order valence-electron chi connectivity index (χ4n) is 3.38. The van der Waals surface area contributed by atoms with Crippen LogP contribution in [0.3, 0.4) is 0 Å². The van der Waals surface area contributed by atoms with Crippen LogP contribution in [0.4, 0.5) is 11.5 Å². The Kier molecular flexibility index (Phi) is 6.02. The highest BCUT2D eigenvalue weighted by Gasteiger charge is 2.29. The Balaban J connectivity index is 1.50. The Morgan fingerprint density at radius 1 is 0.931 bits per heavy atom. The van der Waals surface area contributed by atoms with E-state index >= 15 is 0 Å². The van der Waals surface area contributed by atoms with Gasteiger partial charge < -0.3 is 4.90 Å². The van der Waals surface area contributed by atoms with Gasteiger partial charge in [-0.3, -0.25) is 15.0 Å². The third kappa shape index (κ3) is 4.72. The average Bonchev–Trinajstić information content (AvgIpc) is 2.75. The zero-order valence-electron chi connectivity index (χ0n) is 15.8. The summed E-state index contributed by atoms with van der Waals surface area (Å²) in [6, 6.07) is 19.9.